The van der Waals surface area contributed by atoms with E-state index in [2.05, 4.69) is 10.6 Å². The SMILES string of the molecule is CC1O[C@H](COC(=O)[C@H](Cc2ccccc2)NC(=O)[C@@H]2CCCN2C(=O)[C@H](Cc2ccc(OC(=O)OC(C)(C)C)cc2)NC(=O)OC(C)(C)C)[C@@H](O)[C@H](O)[C@H]1O. The average Bonchev–Trinajstić information content (AvgIpc) is 3.61. The molecule has 0 saturated carbocycles. The summed E-state index contributed by atoms with van der Waals surface area (Å²) < 4.78 is 26.9. The lowest BCUT2D eigenvalue weighted by Gasteiger charge is -2.39. The van der Waals surface area contributed by atoms with Gasteiger partial charge < -0.3 is 54.5 Å². The van der Waals surface area contributed by atoms with Crippen molar-refractivity contribution in [2.75, 3.05) is 13.2 Å². The van der Waals surface area contributed by atoms with Crippen molar-refractivity contribution in [3.8, 4) is 5.75 Å². The van der Waals surface area contributed by atoms with E-state index >= 15 is 0 Å². The monoisotopic (exact) mass is 785 g/mol. The molecule has 8 atom stereocenters. The van der Waals surface area contributed by atoms with E-state index in [0.29, 0.717) is 17.5 Å². The zero-order valence-electron chi connectivity index (χ0n) is 32.9. The standard InChI is InChI=1S/C40H55N3O13/c1-23-31(44)33(46)32(45)30(53-23)22-52-36(49)28(21-24-12-9-8-10-13-24)41-34(47)29-14-11-19-43(29)35(48)27(42-37(50)55-39(2,3)4)20-25-15-17-26(18-16-25)54-38(51)56-40(5,6)7/h8-10,12-13,15-18,23,27-33,44-46H,11,14,19-22H2,1-7H3,(H,41,47)(H,42,50)/t23?,27-,28-,29-,30+,31-,32+,33+/m0/s1. The largest absolute Gasteiger partial charge is 0.514 e. The molecule has 5 N–H and O–H groups in total. The predicted octanol–water partition coefficient (Wildman–Crippen LogP) is 2.57. The number of carbonyl (C=O) groups is 5. The van der Waals surface area contributed by atoms with E-state index in [-0.39, 0.29) is 31.6 Å². The molecule has 3 amide bonds. The minimum Gasteiger partial charge on any atom is -0.461 e. The molecule has 2 aliphatic rings. The van der Waals surface area contributed by atoms with Crippen molar-refractivity contribution in [3.63, 3.8) is 0 Å². The van der Waals surface area contributed by atoms with Crippen LogP contribution in [0.15, 0.2) is 54.6 Å². The Hall–Kier alpha value is -4.77. The maximum absolute atomic E-state index is 14.2. The Morgan fingerprint density at radius 3 is 2.04 bits per heavy atom. The second kappa shape index (κ2) is 18.9. The van der Waals surface area contributed by atoms with E-state index in [1.54, 1.807) is 84.0 Å². The Kier molecular flexibility index (Phi) is 14.8. The number of hydrogen-bond acceptors (Lipinski definition) is 13. The molecule has 2 heterocycles. The first-order valence-electron chi connectivity index (χ1n) is 18.7. The van der Waals surface area contributed by atoms with Crippen molar-refractivity contribution < 1.29 is 63.0 Å². The van der Waals surface area contributed by atoms with Crippen LogP contribution in [0.3, 0.4) is 0 Å². The van der Waals surface area contributed by atoms with Crippen molar-refractivity contribution >= 4 is 30.0 Å². The number of hydrogen-bond donors (Lipinski definition) is 5. The number of esters is 1. The number of ether oxygens (including phenoxy) is 5. The van der Waals surface area contributed by atoms with E-state index < -0.39 is 96.5 Å². The second-order valence-electron chi connectivity index (χ2n) is 16.0. The van der Waals surface area contributed by atoms with E-state index in [4.69, 9.17) is 23.7 Å². The van der Waals surface area contributed by atoms with Crippen LogP contribution in [0.1, 0.15) is 72.4 Å². The molecular weight excluding hydrogens is 730 g/mol. The Morgan fingerprint density at radius 2 is 1.41 bits per heavy atom. The molecule has 2 aromatic carbocycles. The summed E-state index contributed by atoms with van der Waals surface area (Å²) in [6.45, 7) is 11.4. The highest BCUT2D eigenvalue weighted by molar-refractivity contribution is 5.93. The lowest BCUT2D eigenvalue weighted by molar-refractivity contribution is -0.227. The molecule has 16 nitrogen and oxygen atoms in total. The molecule has 0 aliphatic carbocycles. The van der Waals surface area contributed by atoms with Gasteiger partial charge >= 0.3 is 18.2 Å². The van der Waals surface area contributed by atoms with Gasteiger partial charge in [-0.3, -0.25) is 9.59 Å². The van der Waals surface area contributed by atoms with Crippen LogP contribution in [0.5, 0.6) is 5.75 Å². The molecule has 0 radical (unpaired) electrons. The summed E-state index contributed by atoms with van der Waals surface area (Å²) >= 11 is 0. The van der Waals surface area contributed by atoms with Gasteiger partial charge in [0.1, 0.15) is 66.1 Å². The first-order valence-corrected chi connectivity index (χ1v) is 18.7. The highest BCUT2D eigenvalue weighted by Crippen LogP contribution is 2.24. The van der Waals surface area contributed by atoms with Crippen molar-refractivity contribution in [2.24, 2.45) is 0 Å². The number of nitrogens with one attached hydrogen (secondary N) is 2. The van der Waals surface area contributed by atoms with Crippen LogP contribution in [0.2, 0.25) is 0 Å². The smallest absolute Gasteiger partial charge is 0.461 e. The molecule has 0 bridgehead atoms. The molecule has 0 aromatic heterocycles. The minimum atomic E-state index is -1.53. The fourth-order valence-corrected chi connectivity index (χ4v) is 6.30. The molecule has 16 heteroatoms. The molecule has 2 aliphatic heterocycles. The third-order valence-corrected chi connectivity index (χ3v) is 9.01. The summed E-state index contributed by atoms with van der Waals surface area (Å²) in [6.07, 6.45) is -7.28. The number of alkyl carbamates (subject to hydrolysis) is 1. The Labute approximate surface area is 326 Å². The van der Waals surface area contributed by atoms with Crippen LogP contribution >= 0.6 is 0 Å². The number of nitrogens with zero attached hydrogens (tertiary/aromatic N) is 1. The molecule has 2 saturated heterocycles. The Balaban J connectivity index is 1.50. The van der Waals surface area contributed by atoms with Gasteiger partial charge in [0, 0.05) is 19.4 Å². The van der Waals surface area contributed by atoms with E-state index in [1.807, 2.05) is 0 Å². The van der Waals surface area contributed by atoms with Gasteiger partial charge in [-0.2, -0.15) is 0 Å². The van der Waals surface area contributed by atoms with Crippen LogP contribution < -0.4 is 15.4 Å². The number of rotatable bonds is 12. The van der Waals surface area contributed by atoms with E-state index in [9.17, 15) is 39.3 Å². The van der Waals surface area contributed by atoms with Gasteiger partial charge in [-0.1, -0.05) is 42.5 Å². The predicted molar refractivity (Wildman–Crippen MR) is 200 cm³/mol. The highest BCUT2D eigenvalue weighted by atomic mass is 16.7. The van der Waals surface area contributed by atoms with Crippen LogP contribution in [0.4, 0.5) is 9.59 Å². The first kappa shape index (κ1) is 44.0. The summed E-state index contributed by atoms with van der Waals surface area (Å²) in [5.41, 5.74) is -0.305. The van der Waals surface area contributed by atoms with Crippen LogP contribution in [-0.4, -0.2) is 123 Å². The lowest BCUT2D eigenvalue weighted by atomic mass is 9.96. The molecule has 2 aromatic rings. The lowest BCUT2D eigenvalue weighted by Crippen LogP contribution is -2.58. The molecule has 1 unspecified atom stereocenters. The summed E-state index contributed by atoms with van der Waals surface area (Å²) in [5.74, 6) is -1.80. The number of carbonyl (C=O) groups excluding carboxylic acids is 5. The first-order chi connectivity index (χ1) is 26.2. The quantitative estimate of drug-likeness (QED) is 0.119. The van der Waals surface area contributed by atoms with Gasteiger partial charge in [0.25, 0.3) is 0 Å². The highest BCUT2D eigenvalue weighted by Gasteiger charge is 2.43. The third-order valence-electron chi connectivity index (χ3n) is 9.01. The van der Waals surface area contributed by atoms with Gasteiger partial charge in [0.2, 0.25) is 11.8 Å². The van der Waals surface area contributed by atoms with Crippen molar-refractivity contribution in [3.05, 3.63) is 65.7 Å². The Bertz CT molecular complexity index is 1660. The summed E-state index contributed by atoms with van der Waals surface area (Å²) in [6, 6.07) is 11.8. The normalized spacial score (nSPS) is 23.6. The fourth-order valence-electron chi connectivity index (χ4n) is 6.30. The molecule has 308 valence electrons. The zero-order valence-corrected chi connectivity index (χ0v) is 32.9. The average molecular weight is 786 g/mol. The summed E-state index contributed by atoms with van der Waals surface area (Å²) in [5, 5.41) is 36.0. The van der Waals surface area contributed by atoms with Gasteiger partial charge in [-0.15, -0.1) is 0 Å². The van der Waals surface area contributed by atoms with Gasteiger partial charge in [0.05, 0.1) is 6.10 Å². The van der Waals surface area contributed by atoms with Crippen LogP contribution in [-0.2, 0) is 46.2 Å². The van der Waals surface area contributed by atoms with E-state index in [0.717, 1.165) is 0 Å². The van der Waals surface area contributed by atoms with Crippen LogP contribution in [0, 0.1) is 0 Å². The van der Waals surface area contributed by atoms with E-state index in [1.165, 1.54) is 24.0 Å². The molecule has 56 heavy (non-hydrogen) atoms. The van der Waals surface area contributed by atoms with Gasteiger partial charge in [-0.05, 0) is 84.6 Å². The third kappa shape index (κ3) is 12.9. The number of aliphatic hydroxyl groups excluding tert-OH is 3. The number of benzene rings is 2. The van der Waals surface area contributed by atoms with Crippen molar-refractivity contribution in [1.29, 1.82) is 0 Å². The minimum absolute atomic E-state index is 0.00196. The maximum Gasteiger partial charge on any atom is 0.514 e. The van der Waals surface area contributed by atoms with Gasteiger partial charge in [0.15, 0.2) is 0 Å². The fraction of sp³-hybridized carbons (Fsp3) is 0.575. The number of aliphatic hydroxyl groups is 3. The summed E-state index contributed by atoms with van der Waals surface area (Å²) in [7, 11) is 0. The number of amides is 3. The molecule has 2 fully saturated rings. The molecule has 4 rings (SSSR count). The zero-order chi connectivity index (χ0) is 41.4. The summed E-state index contributed by atoms with van der Waals surface area (Å²) in [4.78, 5) is 68.2. The number of likely N-dealkylation sites (tertiary alicyclic amines) is 1. The second-order valence-corrected chi connectivity index (χ2v) is 16.0. The maximum atomic E-state index is 14.2. The topological polar surface area (TPSA) is 219 Å². The van der Waals surface area contributed by atoms with Crippen LogP contribution in [0.25, 0.3) is 0 Å². The molecule has 0 spiro atoms. The Morgan fingerprint density at radius 1 is 0.804 bits per heavy atom. The van der Waals surface area contributed by atoms with Crippen molar-refractivity contribution in [1.82, 2.24) is 15.5 Å². The molecular formula is C40H55N3O13. The van der Waals surface area contributed by atoms with Gasteiger partial charge in [-0.25, -0.2) is 14.4 Å². The van der Waals surface area contributed by atoms with Crippen molar-refractivity contribution in [2.45, 2.75) is 134 Å².